The van der Waals surface area contributed by atoms with E-state index < -0.39 is 0 Å². The summed E-state index contributed by atoms with van der Waals surface area (Å²) in [5.41, 5.74) is 1.33. The molecule has 6 nitrogen and oxygen atoms in total. The molecule has 2 aromatic carbocycles. The van der Waals surface area contributed by atoms with Crippen LogP contribution in [0.2, 0.25) is 0 Å². The van der Waals surface area contributed by atoms with Crippen molar-refractivity contribution < 1.29 is 4.79 Å². The Morgan fingerprint density at radius 1 is 1.15 bits per heavy atom. The van der Waals surface area contributed by atoms with Gasteiger partial charge in [0.2, 0.25) is 5.91 Å². The minimum Gasteiger partial charge on any atom is -0.334 e. The summed E-state index contributed by atoms with van der Waals surface area (Å²) in [4.78, 5) is 27.6. The maximum Gasteiger partial charge on any atom is 0.278 e. The van der Waals surface area contributed by atoms with Crippen LogP contribution in [-0.2, 0) is 17.9 Å². The maximum absolute atomic E-state index is 13.1. The van der Waals surface area contributed by atoms with E-state index in [-0.39, 0.29) is 24.1 Å². The highest BCUT2D eigenvalue weighted by Crippen LogP contribution is 2.35. The lowest BCUT2D eigenvalue weighted by molar-refractivity contribution is -0.135. The maximum atomic E-state index is 13.1. The van der Waals surface area contributed by atoms with Crippen LogP contribution in [0.15, 0.2) is 59.4 Å². The first kappa shape index (κ1) is 17.4. The minimum atomic E-state index is -0.285. The molecule has 27 heavy (non-hydrogen) atoms. The number of nitrogens with zero attached hydrogens (tertiary/aromatic N) is 4. The normalized spacial score (nSPS) is 14.9. The van der Waals surface area contributed by atoms with E-state index in [1.165, 1.54) is 4.68 Å². The molecule has 6 heteroatoms. The number of carbonyl (C=O) groups excluding carboxylic acids is 1. The Balaban J connectivity index is 1.60. The Hall–Kier alpha value is -3.02. The molecular formula is C21H22N4O2. The van der Waals surface area contributed by atoms with E-state index in [0.717, 1.165) is 18.4 Å². The molecule has 0 N–H and O–H groups in total. The zero-order valence-electron chi connectivity index (χ0n) is 15.3. The fourth-order valence-corrected chi connectivity index (χ4v) is 3.42. The van der Waals surface area contributed by atoms with Gasteiger partial charge in [-0.1, -0.05) is 47.7 Å². The Bertz CT molecular complexity index is 1010. The first-order valence-electron chi connectivity index (χ1n) is 9.29. The highest BCUT2D eigenvalue weighted by atomic mass is 16.2. The SMILES string of the molecule is CC(C1CC1)N(Cc1ccccc1)C(=O)Cn1nnc2ccccc2c1=O. The van der Waals surface area contributed by atoms with Crippen molar-refractivity contribution in [2.45, 2.75) is 38.9 Å². The topological polar surface area (TPSA) is 68.1 Å². The number of carbonyl (C=O) groups is 1. The summed E-state index contributed by atoms with van der Waals surface area (Å²) in [5, 5.41) is 8.51. The fourth-order valence-electron chi connectivity index (χ4n) is 3.42. The van der Waals surface area contributed by atoms with Crippen molar-refractivity contribution in [1.82, 2.24) is 19.9 Å². The van der Waals surface area contributed by atoms with Crippen LogP contribution < -0.4 is 5.56 Å². The average molecular weight is 362 g/mol. The number of amides is 1. The summed E-state index contributed by atoms with van der Waals surface area (Å²) < 4.78 is 1.17. The van der Waals surface area contributed by atoms with Crippen LogP contribution in [0.3, 0.4) is 0 Å². The third-order valence-corrected chi connectivity index (χ3v) is 5.23. The number of rotatable bonds is 6. The second kappa shape index (κ2) is 7.31. The van der Waals surface area contributed by atoms with E-state index in [4.69, 9.17) is 0 Å². The largest absolute Gasteiger partial charge is 0.334 e. The quantitative estimate of drug-likeness (QED) is 0.676. The predicted octanol–water partition coefficient (Wildman–Crippen LogP) is 2.62. The van der Waals surface area contributed by atoms with Gasteiger partial charge in [-0.25, -0.2) is 4.68 Å². The summed E-state index contributed by atoms with van der Waals surface area (Å²) in [5.74, 6) is 0.432. The molecule has 0 radical (unpaired) electrons. The van der Waals surface area contributed by atoms with E-state index in [2.05, 4.69) is 17.2 Å². The third-order valence-electron chi connectivity index (χ3n) is 5.23. The van der Waals surface area contributed by atoms with Gasteiger partial charge in [-0.05, 0) is 43.4 Å². The summed E-state index contributed by atoms with van der Waals surface area (Å²) in [7, 11) is 0. The second-order valence-electron chi connectivity index (χ2n) is 7.15. The van der Waals surface area contributed by atoms with Gasteiger partial charge in [0.1, 0.15) is 12.1 Å². The fraction of sp³-hybridized carbons (Fsp3) is 0.333. The van der Waals surface area contributed by atoms with E-state index >= 15 is 0 Å². The molecule has 0 spiro atoms. The van der Waals surface area contributed by atoms with Crippen molar-refractivity contribution in [3.05, 3.63) is 70.5 Å². The van der Waals surface area contributed by atoms with Crippen LogP contribution in [0.1, 0.15) is 25.3 Å². The molecule has 1 atom stereocenters. The molecule has 1 saturated carbocycles. The van der Waals surface area contributed by atoms with Crippen molar-refractivity contribution >= 4 is 16.8 Å². The van der Waals surface area contributed by atoms with Crippen molar-refractivity contribution in [1.29, 1.82) is 0 Å². The number of hydrogen-bond donors (Lipinski definition) is 0. The Morgan fingerprint density at radius 3 is 2.59 bits per heavy atom. The summed E-state index contributed by atoms with van der Waals surface area (Å²) in [6, 6.07) is 17.1. The van der Waals surface area contributed by atoms with Gasteiger partial charge in [-0.15, -0.1) is 5.10 Å². The van der Waals surface area contributed by atoms with Gasteiger partial charge in [0.05, 0.1) is 5.39 Å². The highest BCUT2D eigenvalue weighted by Gasteiger charge is 2.34. The van der Waals surface area contributed by atoms with Gasteiger partial charge >= 0.3 is 0 Å². The molecule has 1 aliphatic rings. The first-order chi connectivity index (χ1) is 13.1. The van der Waals surface area contributed by atoms with E-state index in [9.17, 15) is 9.59 Å². The van der Waals surface area contributed by atoms with Crippen LogP contribution in [0, 0.1) is 5.92 Å². The summed E-state index contributed by atoms with van der Waals surface area (Å²) >= 11 is 0. The molecule has 1 aromatic heterocycles. The lowest BCUT2D eigenvalue weighted by atomic mass is 10.1. The van der Waals surface area contributed by atoms with Gasteiger partial charge in [-0.2, -0.15) is 0 Å². The molecule has 0 bridgehead atoms. The molecule has 3 aromatic rings. The van der Waals surface area contributed by atoms with Crippen LogP contribution in [0.4, 0.5) is 0 Å². The molecule has 4 rings (SSSR count). The molecule has 1 unspecified atom stereocenters. The van der Waals surface area contributed by atoms with E-state index in [0.29, 0.717) is 23.4 Å². The Kier molecular flexibility index (Phi) is 4.71. The van der Waals surface area contributed by atoms with Crippen LogP contribution in [0.5, 0.6) is 0 Å². The van der Waals surface area contributed by atoms with Gasteiger partial charge in [-0.3, -0.25) is 9.59 Å². The Labute approximate surface area is 157 Å². The zero-order chi connectivity index (χ0) is 18.8. The van der Waals surface area contributed by atoms with Crippen LogP contribution >= 0.6 is 0 Å². The Morgan fingerprint density at radius 2 is 1.85 bits per heavy atom. The van der Waals surface area contributed by atoms with Crippen molar-refractivity contribution in [2.75, 3.05) is 0 Å². The van der Waals surface area contributed by atoms with Crippen molar-refractivity contribution in [2.24, 2.45) is 5.92 Å². The molecule has 0 aliphatic heterocycles. The smallest absolute Gasteiger partial charge is 0.278 e. The predicted molar refractivity (Wildman–Crippen MR) is 103 cm³/mol. The molecule has 1 heterocycles. The molecule has 0 saturated heterocycles. The van der Waals surface area contributed by atoms with Gasteiger partial charge in [0, 0.05) is 12.6 Å². The van der Waals surface area contributed by atoms with Gasteiger partial charge in [0.15, 0.2) is 0 Å². The molecular weight excluding hydrogens is 340 g/mol. The summed E-state index contributed by atoms with van der Waals surface area (Å²) in [6.07, 6.45) is 2.30. The number of aromatic nitrogens is 3. The van der Waals surface area contributed by atoms with Crippen LogP contribution in [-0.4, -0.2) is 31.8 Å². The average Bonchev–Trinajstić information content (AvgIpc) is 3.54. The molecule has 138 valence electrons. The number of benzene rings is 2. The van der Waals surface area contributed by atoms with E-state index in [1.807, 2.05) is 41.3 Å². The van der Waals surface area contributed by atoms with Crippen molar-refractivity contribution in [3.63, 3.8) is 0 Å². The third kappa shape index (κ3) is 3.74. The van der Waals surface area contributed by atoms with Crippen molar-refractivity contribution in [3.8, 4) is 0 Å². The lowest BCUT2D eigenvalue weighted by Gasteiger charge is -2.29. The monoisotopic (exact) mass is 362 g/mol. The standard InChI is InChI=1S/C21H22N4O2/c1-15(17-11-12-17)24(13-16-7-3-2-4-8-16)20(26)14-25-21(27)18-9-5-6-10-19(18)22-23-25/h2-10,15,17H,11-14H2,1H3. The highest BCUT2D eigenvalue weighted by molar-refractivity contribution is 5.78. The van der Waals surface area contributed by atoms with E-state index in [1.54, 1.807) is 18.2 Å². The number of hydrogen-bond acceptors (Lipinski definition) is 4. The van der Waals surface area contributed by atoms with Gasteiger partial charge < -0.3 is 4.90 Å². The first-order valence-corrected chi connectivity index (χ1v) is 9.29. The molecule has 1 amide bonds. The second-order valence-corrected chi connectivity index (χ2v) is 7.15. The molecule has 1 fully saturated rings. The summed E-state index contributed by atoms with van der Waals surface area (Å²) in [6.45, 7) is 2.53. The van der Waals surface area contributed by atoms with Crippen LogP contribution in [0.25, 0.3) is 10.9 Å². The lowest BCUT2D eigenvalue weighted by Crippen LogP contribution is -2.43. The van der Waals surface area contributed by atoms with Gasteiger partial charge in [0.25, 0.3) is 5.56 Å². The number of fused-ring (bicyclic) bond motifs is 1. The molecule has 1 aliphatic carbocycles. The zero-order valence-corrected chi connectivity index (χ0v) is 15.3. The minimum absolute atomic E-state index is 0.0967.